The summed E-state index contributed by atoms with van der Waals surface area (Å²) in [6, 6.07) is 12.6. The Balaban J connectivity index is 1.52. The van der Waals surface area contributed by atoms with Gasteiger partial charge in [-0.2, -0.15) is 0 Å². The number of benzene rings is 2. The summed E-state index contributed by atoms with van der Waals surface area (Å²) >= 11 is 0. The number of nitrogens with one attached hydrogen (secondary N) is 2. The van der Waals surface area contributed by atoms with Crippen LogP contribution < -0.4 is 20.1 Å². The van der Waals surface area contributed by atoms with Crippen molar-refractivity contribution in [3.63, 3.8) is 0 Å². The van der Waals surface area contributed by atoms with Gasteiger partial charge in [0.25, 0.3) is 5.91 Å². The second kappa shape index (κ2) is 7.25. The lowest BCUT2D eigenvalue weighted by Gasteiger charge is -2.09. The molecule has 1 aliphatic heterocycles. The van der Waals surface area contributed by atoms with E-state index in [1.54, 1.807) is 18.2 Å². The Kier molecular flexibility index (Phi) is 4.88. The van der Waals surface area contributed by atoms with Gasteiger partial charge >= 0.3 is 0 Å². The Morgan fingerprint density at radius 2 is 1.76 bits per heavy atom. The predicted octanol–water partition coefficient (Wildman–Crippen LogP) is 2.91. The lowest BCUT2D eigenvalue weighted by molar-refractivity contribution is -0.115. The topological polar surface area (TPSA) is 76.7 Å². The zero-order chi connectivity index (χ0) is 17.8. The molecule has 0 radical (unpaired) electrons. The number of ether oxygens (including phenoxy) is 2. The monoisotopic (exact) mass is 340 g/mol. The van der Waals surface area contributed by atoms with E-state index in [4.69, 9.17) is 9.47 Å². The van der Waals surface area contributed by atoms with Gasteiger partial charge < -0.3 is 20.1 Å². The van der Waals surface area contributed by atoms with Crippen molar-refractivity contribution < 1.29 is 19.1 Å². The molecule has 0 saturated carbocycles. The molecule has 6 nitrogen and oxygen atoms in total. The number of fused-ring (bicyclic) bond motifs is 1. The second-order valence-electron chi connectivity index (χ2n) is 6.08. The molecule has 0 atom stereocenters. The van der Waals surface area contributed by atoms with E-state index in [9.17, 15) is 9.59 Å². The minimum Gasteiger partial charge on any atom is -0.454 e. The average Bonchev–Trinajstić information content (AvgIpc) is 3.07. The number of anilines is 1. The summed E-state index contributed by atoms with van der Waals surface area (Å²) in [6.07, 6.45) is 0. The summed E-state index contributed by atoms with van der Waals surface area (Å²) in [5.74, 6) is 0.946. The van der Waals surface area contributed by atoms with Crippen LogP contribution in [0.2, 0.25) is 0 Å². The minimum atomic E-state index is -0.344. The van der Waals surface area contributed by atoms with Crippen molar-refractivity contribution in [1.82, 2.24) is 5.32 Å². The minimum absolute atomic E-state index is 0.112. The number of amides is 2. The van der Waals surface area contributed by atoms with Crippen molar-refractivity contribution in [3.8, 4) is 11.5 Å². The van der Waals surface area contributed by atoms with Crippen LogP contribution >= 0.6 is 0 Å². The molecule has 130 valence electrons. The van der Waals surface area contributed by atoms with Gasteiger partial charge in [-0.25, -0.2) is 0 Å². The number of hydrogen-bond acceptors (Lipinski definition) is 4. The van der Waals surface area contributed by atoms with Gasteiger partial charge in [0.15, 0.2) is 11.5 Å². The van der Waals surface area contributed by atoms with Gasteiger partial charge in [0.05, 0.1) is 6.54 Å². The van der Waals surface area contributed by atoms with Crippen molar-refractivity contribution in [2.75, 3.05) is 18.7 Å². The maximum atomic E-state index is 12.1. The zero-order valence-electron chi connectivity index (χ0n) is 14.2. The molecule has 2 N–H and O–H groups in total. The standard InChI is InChI=1S/C19H20N2O4/c1-12(2)13-3-6-15(7-4-13)21-18(22)10-20-19(23)14-5-8-16-17(9-14)25-11-24-16/h3-9,12H,10-11H2,1-2H3,(H,20,23)(H,21,22). The van der Waals surface area contributed by atoms with Crippen LogP contribution in [0.5, 0.6) is 11.5 Å². The second-order valence-corrected chi connectivity index (χ2v) is 6.08. The van der Waals surface area contributed by atoms with Gasteiger partial charge in [-0.3, -0.25) is 9.59 Å². The summed E-state index contributed by atoms with van der Waals surface area (Å²) < 4.78 is 10.4. The van der Waals surface area contributed by atoms with E-state index in [1.165, 1.54) is 5.56 Å². The molecular weight excluding hydrogens is 320 g/mol. The molecule has 0 bridgehead atoms. The van der Waals surface area contributed by atoms with Crippen molar-refractivity contribution in [3.05, 3.63) is 53.6 Å². The molecule has 1 aliphatic rings. The van der Waals surface area contributed by atoms with E-state index in [0.717, 1.165) is 0 Å². The van der Waals surface area contributed by atoms with Crippen molar-refractivity contribution in [1.29, 1.82) is 0 Å². The van der Waals surface area contributed by atoms with Crippen LogP contribution in [0.1, 0.15) is 35.7 Å². The first-order valence-electron chi connectivity index (χ1n) is 8.10. The van der Waals surface area contributed by atoms with E-state index in [-0.39, 0.29) is 25.2 Å². The van der Waals surface area contributed by atoms with Crippen LogP contribution in [-0.4, -0.2) is 25.2 Å². The smallest absolute Gasteiger partial charge is 0.251 e. The lowest BCUT2D eigenvalue weighted by Crippen LogP contribution is -2.32. The molecule has 0 saturated heterocycles. The zero-order valence-corrected chi connectivity index (χ0v) is 14.2. The summed E-state index contributed by atoms with van der Waals surface area (Å²) in [5.41, 5.74) is 2.32. The molecule has 2 aromatic carbocycles. The van der Waals surface area contributed by atoms with Crippen molar-refractivity contribution >= 4 is 17.5 Å². The van der Waals surface area contributed by atoms with Crippen LogP contribution in [0.4, 0.5) is 5.69 Å². The van der Waals surface area contributed by atoms with Gasteiger partial charge in [0.1, 0.15) is 0 Å². The third-order valence-electron chi connectivity index (χ3n) is 3.91. The first kappa shape index (κ1) is 16.8. The molecule has 0 aliphatic carbocycles. The Hall–Kier alpha value is -3.02. The van der Waals surface area contributed by atoms with Crippen LogP contribution in [0.15, 0.2) is 42.5 Å². The summed E-state index contributed by atoms with van der Waals surface area (Å²) in [4.78, 5) is 24.1. The molecule has 0 aromatic heterocycles. The highest BCUT2D eigenvalue weighted by molar-refractivity contribution is 5.99. The molecule has 1 heterocycles. The third-order valence-corrected chi connectivity index (χ3v) is 3.91. The fraction of sp³-hybridized carbons (Fsp3) is 0.263. The molecule has 25 heavy (non-hydrogen) atoms. The van der Waals surface area contributed by atoms with Crippen LogP contribution in [0.25, 0.3) is 0 Å². The fourth-order valence-electron chi connectivity index (χ4n) is 2.46. The Morgan fingerprint density at radius 1 is 1.04 bits per heavy atom. The van der Waals surface area contributed by atoms with Crippen LogP contribution in [-0.2, 0) is 4.79 Å². The molecule has 2 amide bonds. The van der Waals surface area contributed by atoms with E-state index in [0.29, 0.717) is 28.7 Å². The van der Waals surface area contributed by atoms with E-state index in [1.807, 2.05) is 24.3 Å². The highest BCUT2D eigenvalue weighted by Crippen LogP contribution is 2.32. The van der Waals surface area contributed by atoms with E-state index < -0.39 is 0 Å². The van der Waals surface area contributed by atoms with Crippen LogP contribution in [0, 0.1) is 0 Å². The molecule has 2 aromatic rings. The van der Waals surface area contributed by atoms with E-state index in [2.05, 4.69) is 24.5 Å². The van der Waals surface area contributed by atoms with Gasteiger partial charge in [-0.05, 0) is 41.8 Å². The van der Waals surface area contributed by atoms with Crippen molar-refractivity contribution in [2.24, 2.45) is 0 Å². The van der Waals surface area contributed by atoms with Gasteiger partial charge in [0.2, 0.25) is 12.7 Å². The first-order chi connectivity index (χ1) is 12.0. The fourth-order valence-corrected chi connectivity index (χ4v) is 2.46. The Bertz CT molecular complexity index is 785. The number of rotatable bonds is 5. The van der Waals surface area contributed by atoms with Crippen molar-refractivity contribution in [2.45, 2.75) is 19.8 Å². The third kappa shape index (κ3) is 4.09. The average molecular weight is 340 g/mol. The molecule has 0 fully saturated rings. The molecule has 6 heteroatoms. The largest absolute Gasteiger partial charge is 0.454 e. The van der Waals surface area contributed by atoms with Gasteiger partial charge in [-0.1, -0.05) is 26.0 Å². The predicted molar refractivity (Wildman–Crippen MR) is 94.1 cm³/mol. The summed E-state index contributed by atoms with van der Waals surface area (Å²) in [5, 5.41) is 5.35. The number of hydrogen-bond donors (Lipinski definition) is 2. The maximum Gasteiger partial charge on any atom is 0.251 e. The molecule has 3 rings (SSSR count). The van der Waals surface area contributed by atoms with Crippen LogP contribution in [0.3, 0.4) is 0 Å². The normalized spacial score (nSPS) is 12.1. The molecule has 0 spiro atoms. The Labute approximate surface area is 146 Å². The number of carbonyl (C=O) groups excluding carboxylic acids is 2. The lowest BCUT2D eigenvalue weighted by atomic mass is 10.0. The molecule has 0 unspecified atom stereocenters. The van der Waals surface area contributed by atoms with E-state index >= 15 is 0 Å². The summed E-state index contributed by atoms with van der Waals surface area (Å²) in [7, 11) is 0. The first-order valence-corrected chi connectivity index (χ1v) is 8.10. The summed E-state index contributed by atoms with van der Waals surface area (Å²) in [6.45, 7) is 4.26. The maximum absolute atomic E-state index is 12.1. The quantitative estimate of drug-likeness (QED) is 0.877. The Morgan fingerprint density at radius 3 is 2.48 bits per heavy atom. The SMILES string of the molecule is CC(C)c1ccc(NC(=O)CNC(=O)c2ccc3c(c2)OCO3)cc1. The van der Waals surface area contributed by atoms with Gasteiger partial charge in [-0.15, -0.1) is 0 Å². The molecular formula is C19H20N2O4. The van der Waals surface area contributed by atoms with Gasteiger partial charge in [0, 0.05) is 11.3 Å². The highest BCUT2D eigenvalue weighted by Gasteiger charge is 2.16. The highest BCUT2D eigenvalue weighted by atomic mass is 16.7. The number of carbonyl (C=O) groups is 2.